The van der Waals surface area contributed by atoms with Crippen LogP contribution in [0.3, 0.4) is 0 Å². The zero-order chi connectivity index (χ0) is 19.5. The molecule has 0 aromatic heterocycles. The first kappa shape index (κ1) is 20.6. The van der Waals surface area contributed by atoms with Crippen molar-refractivity contribution in [3.05, 3.63) is 63.6 Å². The third kappa shape index (κ3) is 5.13. The lowest BCUT2D eigenvalue weighted by Crippen LogP contribution is -2.41. The van der Waals surface area contributed by atoms with Crippen molar-refractivity contribution >= 4 is 44.8 Å². The number of nitrogens with zero attached hydrogens (tertiary/aromatic N) is 1. The van der Waals surface area contributed by atoms with Crippen molar-refractivity contribution < 1.29 is 13.2 Å². The van der Waals surface area contributed by atoms with Crippen molar-refractivity contribution in [1.29, 1.82) is 0 Å². The molecule has 2 aromatic rings. The van der Waals surface area contributed by atoms with Crippen LogP contribution >= 0.6 is 23.2 Å². The quantitative estimate of drug-likeness (QED) is 0.777. The lowest BCUT2D eigenvalue weighted by atomic mass is 10.1. The third-order valence-corrected chi connectivity index (χ3v) is 5.57. The number of hydrogen-bond acceptors (Lipinski definition) is 3. The van der Waals surface area contributed by atoms with Gasteiger partial charge in [0.15, 0.2) is 0 Å². The fourth-order valence-corrected chi connectivity index (χ4v) is 4.06. The van der Waals surface area contributed by atoms with E-state index in [-0.39, 0.29) is 6.54 Å². The Labute approximate surface area is 164 Å². The summed E-state index contributed by atoms with van der Waals surface area (Å²) in [7, 11) is -3.62. The van der Waals surface area contributed by atoms with Crippen molar-refractivity contribution in [1.82, 2.24) is 5.32 Å². The third-order valence-electron chi connectivity index (χ3n) is 3.88. The van der Waals surface area contributed by atoms with Gasteiger partial charge in [-0.3, -0.25) is 9.10 Å². The van der Waals surface area contributed by atoms with Gasteiger partial charge in [0, 0.05) is 10.0 Å². The number of para-hydroxylation sites is 1. The lowest BCUT2D eigenvalue weighted by molar-refractivity contribution is -0.120. The molecule has 0 radical (unpaired) electrons. The molecule has 1 N–H and O–H groups in total. The molecule has 0 aliphatic carbocycles. The smallest absolute Gasteiger partial charge is 0.241 e. The Hall–Kier alpha value is -1.76. The minimum Gasteiger partial charge on any atom is -0.348 e. The van der Waals surface area contributed by atoms with Gasteiger partial charge in [-0.1, -0.05) is 47.5 Å². The number of anilines is 1. The van der Waals surface area contributed by atoms with E-state index in [0.717, 1.165) is 16.1 Å². The van der Waals surface area contributed by atoms with Crippen LogP contribution in [-0.2, 0) is 14.8 Å². The Morgan fingerprint density at radius 1 is 1.19 bits per heavy atom. The van der Waals surface area contributed by atoms with Crippen LogP contribution in [0.4, 0.5) is 5.69 Å². The highest BCUT2D eigenvalue weighted by molar-refractivity contribution is 7.92. The van der Waals surface area contributed by atoms with Gasteiger partial charge in [0.2, 0.25) is 15.9 Å². The van der Waals surface area contributed by atoms with Crippen LogP contribution in [0.25, 0.3) is 0 Å². The van der Waals surface area contributed by atoms with Gasteiger partial charge in [-0.05, 0) is 43.2 Å². The topological polar surface area (TPSA) is 66.5 Å². The summed E-state index contributed by atoms with van der Waals surface area (Å²) in [5, 5.41) is 3.71. The van der Waals surface area contributed by atoms with E-state index in [0.29, 0.717) is 21.3 Å². The second-order valence-electron chi connectivity index (χ2n) is 6.01. The van der Waals surface area contributed by atoms with E-state index in [1.807, 2.05) is 6.07 Å². The number of benzene rings is 2. The van der Waals surface area contributed by atoms with Gasteiger partial charge < -0.3 is 5.32 Å². The van der Waals surface area contributed by atoms with E-state index in [2.05, 4.69) is 5.32 Å². The summed E-state index contributed by atoms with van der Waals surface area (Å²) < 4.78 is 25.4. The van der Waals surface area contributed by atoms with Crippen molar-refractivity contribution in [3.8, 4) is 0 Å². The molecule has 26 heavy (non-hydrogen) atoms. The fourth-order valence-electron chi connectivity index (χ4n) is 2.57. The van der Waals surface area contributed by atoms with E-state index in [4.69, 9.17) is 23.2 Å². The second kappa shape index (κ2) is 8.29. The molecule has 1 unspecified atom stereocenters. The van der Waals surface area contributed by atoms with Crippen molar-refractivity contribution in [2.24, 2.45) is 0 Å². The van der Waals surface area contributed by atoms with Gasteiger partial charge in [0.25, 0.3) is 0 Å². The average molecular weight is 415 g/mol. The number of hydrogen-bond donors (Lipinski definition) is 1. The van der Waals surface area contributed by atoms with Crippen molar-refractivity contribution in [3.63, 3.8) is 0 Å². The number of aryl methyl sites for hydroxylation is 1. The minimum absolute atomic E-state index is 0.320. The lowest BCUT2D eigenvalue weighted by Gasteiger charge is -2.24. The maximum Gasteiger partial charge on any atom is 0.241 e. The van der Waals surface area contributed by atoms with Gasteiger partial charge in [-0.15, -0.1) is 0 Å². The van der Waals surface area contributed by atoms with E-state index in [9.17, 15) is 13.2 Å². The molecular formula is C18H20Cl2N2O3S. The summed E-state index contributed by atoms with van der Waals surface area (Å²) in [5.41, 5.74) is 1.94. The summed E-state index contributed by atoms with van der Waals surface area (Å²) in [6.07, 6.45) is 1.08. The Bertz CT molecular complexity index is 916. The maximum absolute atomic E-state index is 12.5. The number of amides is 1. The number of rotatable bonds is 6. The van der Waals surface area contributed by atoms with Crippen LogP contribution < -0.4 is 9.62 Å². The number of carbonyl (C=O) groups excluding carboxylic acids is 1. The number of carbonyl (C=O) groups is 1. The Morgan fingerprint density at radius 2 is 1.85 bits per heavy atom. The Kier molecular flexibility index (Phi) is 6.55. The average Bonchev–Trinajstić information content (AvgIpc) is 2.52. The molecule has 0 saturated heterocycles. The molecule has 140 valence electrons. The molecule has 2 aromatic carbocycles. The summed E-state index contributed by atoms with van der Waals surface area (Å²) in [5.74, 6) is -0.433. The largest absolute Gasteiger partial charge is 0.348 e. The predicted molar refractivity (Wildman–Crippen MR) is 106 cm³/mol. The van der Waals surface area contributed by atoms with Crippen LogP contribution in [0.15, 0.2) is 42.5 Å². The molecule has 1 amide bonds. The monoisotopic (exact) mass is 414 g/mol. The van der Waals surface area contributed by atoms with E-state index in [1.54, 1.807) is 50.2 Å². The number of nitrogens with one attached hydrogen (secondary N) is 1. The number of sulfonamides is 1. The van der Waals surface area contributed by atoms with Crippen LogP contribution in [0.1, 0.15) is 24.1 Å². The fraction of sp³-hybridized carbons (Fsp3) is 0.278. The molecule has 0 aliphatic rings. The molecule has 0 aliphatic heterocycles. The Morgan fingerprint density at radius 3 is 2.42 bits per heavy atom. The maximum atomic E-state index is 12.5. The van der Waals surface area contributed by atoms with Gasteiger partial charge >= 0.3 is 0 Å². The molecular weight excluding hydrogens is 395 g/mol. The second-order valence-corrected chi connectivity index (χ2v) is 8.76. The standard InChI is InChI=1S/C18H20Cl2N2O3S/c1-12-6-4-5-7-17(12)22(26(3,24)25)11-18(23)21-13(2)15-9-8-14(19)10-16(15)20/h4-10,13H,11H2,1-3H3,(H,21,23). The molecule has 5 nitrogen and oxygen atoms in total. The van der Waals surface area contributed by atoms with Crippen LogP contribution in [-0.4, -0.2) is 27.1 Å². The first-order chi connectivity index (χ1) is 12.1. The molecule has 2 rings (SSSR count). The van der Waals surface area contributed by atoms with E-state index >= 15 is 0 Å². The molecule has 0 saturated carbocycles. The molecule has 0 spiro atoms. The highest BCUT2D eigenvalue weighted by atomic mass is 35.5. The zero-order valence-electron chi connectivity index (χ0n) is 14.7. The summed E-state index contributed by atoms with van der Waals surface area (Å²) in [6, 6.07) is 11.6. The SMILES string of the molecule is Cc1ccccc1N(CC(=O)NC(C)c1ccc(Cl)cc1Cl)S(C)(=O)=O. The van der Waals surface area contributed by atoms with E-state index < -0.39 is 22.0 Å². The van der Waals surface area contributed by atoms with Gasteiger partial charge in [0.1, 0.15) is 6.54 Å². The summed E-state index contributed by atoms with van der Waals surface area (Å²) >= 11 is 12.0. The first-order valence-electron chi connectivity index (χ1n) is 7.87. The molecule has 0 bridgehead atoms. The summed E-state index contributed by atoms with van der Waals surface area (Å²) in [4.78, 5) is 12.5. The zero-order valence-corrected chi connectivity index (χ0v) is 17.0. The Balaban J connectivity index is 2.19. The van der Waals surface area contributed by atoms with Gasteiger partial charge in [-0.2, -0.15) is 0 Å². The van der Waals surface area contributed by atoms with Crippen LogP contribution in [0, 0.1) is 6.92 Å². The van der Waals surface area contributed by atoms with Crippen LogP contribution in [0.5, 0.6) is 0 Å². The highest BCUT2D eigenvalue weighted by Gasteiger charge is 2.23. The van der Waals surface area contributed by atoms with Gasteiger partial charge in [0.05, 0.1) is 18.0 Å². The van der Waals surface area contributed by atoms with Gasteiger partial charge in [-0.25, -0.2) is 8.42 Å². The first-order valence-corrected chi connectivity index (χ1v) is 10.5. The number of halogens is 2. The molecule has 0 fully saturated rings. The van der Waals surface area contributed by atoms with Crippen LogP contribution in [0.2, 0.25) is 10.0 Å². The highest BCUT2D eigenvalue weighted by Crippen LogP contribution is 2.26. The van der Waals surface area contributed by atoms with Crippen molar-refractivity contribution in [2.75, 3.05) is 17.1 Å². The molecule has 0 heterocycles. The molecule has 1 atom stereocenters. The van der Waals surface area contributed by atoms with E-state index in [1.165, 1.54) is 0 Å². The normalized spacial score (nSPS) is 12.5. The molecule has 8 heteroatoms. The predicted octanol–water partition coefficient (Wildman–Crippen LogP) is 3.95. The van der Waals surface area contributed by atoms with Crippen molar-refractivity contribution in [2.45, 2.75) is 19.9 Å². The minimum atomic E-state index is -3.62. The summed E-state index contributed by atoms with van der Waals surface area (Å²) in [6.45, 7) is 3.24.